The maximum atomic E-state index is 8.56. The molecule has 21 rings (SSSR count). The second kappa shape index (κ2) is 52.0. The van der Waals surface area contributed by atoms with Gasteiger partial charge in [0.05, 0.1) is 58.2 Å². The number of hydrogen-bond donors (Lipinski definition) is 4. The van der Waals surface area contributed by atoms with E-state index in [1.54, 1.807) is 33.9 Å². The van der Waals surface area contributed by atoms with Crippen LogP contribution in [0.5, 0.6) is 0 Å². The first-order valence-electron chi connectivity index (χ1n) is 45.8. The largest absolute Gasteiger partial charge is 0.393 e. The SMILES string of the molecule is CC(O)CC(C)O.CC(O)CC(C)O.[B]N=P.[Ir].[Ir].[c-]1ccccc1-c1ccccn1.[c-]1ccccc1-c1ncc(-c2ccccc2)nc1-c1ccccc1.c1ccc(-c2ccc(N(c3ccccc3)c3ccc(-n4c5ccccc5c5ccccc54)cc3)cc2)cc1.c1ccc(N(c2ccc(-c3ccc(N(c4ccccc4)c4cccc5ccccc45)cc3)cc2)c2cccc3ccccc23)cc1. The first-order valence-corrected chi connectivity index (χ1v) is 46.3. The number of para-hydroxylation sites is 5. The molecular weight excluding hydrogens is 2080 g/mol. The van der Waals surface area contributed by atoms with Crippen molar-refractivity contribution in [2.24, 2.45) is 4.66 Å². The second-order valence-corrected chi connectivity index (χ2v) is 33.1. The molecule has 4 unspecified atom stereocenters. The van der Waals surface area contributed by atoms with Crippen LogP contribution in [0.1, 0.15) is 40.5 Å². The van der Waals surface area contributed by atoms with Crippen LogP contribution in [0.4, 0.5) is 51.2 Å². The standard InChI is InChI=1S/C44H32N2.C36H26N2.C22H15N2.C11H8N.2C5H12O2.BHNP.2Ir/c1-3-17-37(18-4-1)45(43-23-11-15-35-13-7-9-21-41(35)43)39-29-25-33(26-30-39)34-27-31-40(32-28-34)46(38-19-5-2-6-20-38)44-24-12-16-36-14-8-10-22-42(36)44;1-3-11-27(12-4-1)28-19-21-30(22-20-28)37(29-13-5-2-6-14-29)31-23-25-32(26-24-31)38-35-17-9-7-15-33(35)34-16-8-10-18-36(34)38;1-4-10-17(11-5-1)20-16-23-21(18-12-6-2-7-13-18)22(24-20)19-14-8-3-9-15-19;1-2-6-10(7-3-1)11-8-4-5-9-12-11;2*1-4(6)3-5(2)7;1-2-3;;/h1-32H;1-26H;1-12,14-16H;1-6,8-9H;2*4-7H,3H2,1-2H3;3H;;/q;;2*-1;;;;;. The Bertz CT molecular complexity index is 7000. The Morgan fingerprint density at radius 2 is 0.612 bits per heavy atom. The van der Waals surface area contributed by atoms with E-state index in [0.29, 0.717) is 12.8 Å². The number of benzene rings is 18. The topological polar surface area (TPSA) is 147 Å². The quantitative estimate of drug-likeness (QED) is 0.0330. The third-order valence-corrected chi connectivity index (χ3v) is 22.7. The van der Waals surface area contributed by atoms with Crippen molar-refractivity contribution in [2.45, 2.75) is 65.0 Å². The summed E-state index contributed by atoms with van der Waals surface area (Å²) in [6.45, 7) is 6.64. The van der Waals surface area contributed by atoms with E-state index < -0.39 is 0 Å². The zero-order valence-electron chi connectivity index (χ0n) is 77.6. The van der Waals surface area contributed by atoms with Gasteiger partial charge in [-0.2, -0.15) is 0 Å². The molecule has 4 atom stereocenters. The van der Waals surface area contributed by atoms with E-state index in [0.717, 1.165) is 102 Å². The molecule has 0 saturated heterocycles. The molecular formula is C123H106BIr2N8O4P-2. The minimum absolute atomic E-state index is 0. The van der Waals surface area contributed by atoms with E-state index in [-0.39, 0.29) is 64.6 Å². The molecule has 3 heterocycles. The van der Waals surface area contributed by atoms with E-state index >= 15 is 0 Å². The predicted octanol–water partition coefficient (Wildman–Crippen LogP) is 31.0. The maximum absolute atomic E-state index is 8.56. The van der Waals surface area contributed by atoms with Crippen LogP contribution in [-0.2, 0) is 40.2 Å². The molecule has 4 N–H and O–H groups in total. The van der Waals surface area contributed by atoms with Gasteiger partial charge in [0.25, 0.3) is 7.98 Å². The first-order chi connectivity index (χ1) is 67.2. The van der Waals surface area contributed by atoms with Gasteiger partial charge in [0.15, 0.2) is 0 Å². The van der Waals surface area contributed by atoms with Gasteiger partial charge in [-0.3, -0.25) is 4.98 Å². The smallest absolute Gasteiger partial charge is 0.265 e. The minimum Gasteiger partial charge on any atom is -0.393 e. The molecule has 0 aliphatic rings. The van der Waals surface area contributed by atoms with Crippen molar-refractivity contribution in [3.8, 4) is 73.0 Å². The molecule has 16 heteroatoms. The van der Waals surface area contributed by atoms with Gasteiger partial charge in [-0.1, -0.05) is 303 Å². The summed E-state index contributed by atoms with van der Waals surface area (Å²) in [6, 6.07) is 173. The van der Waals surface area contributed by atoms with Crippen molar-refractivity contribution in [1.29, 1.82) is 0 Å². The average molecular weight is 2190 g/mol. The predicted molar refractivity (Wildman–Crippen MR) is 575 cm³/mol. The van der Waals surface area contributed by atoms with Crippen molar-refractivity contribution in [3.05, 3.63) is 504 Å². The van der Waals surface area contributed by atoms with Crippen molar-refractivity contribution in [2.75, 3.05) is 14.7 Å². The molecule has 0 fully saturated rings. The van der Waals surface area contributed by atoms with Gasteiger partial charge in [-0.25, -0.2) is 0 Å². The van der Waals surface area contributed by atoms with Crippen LogP contribution in [0.15, 0.2) is 496 Å². The van der Waals surface area contributed by atoms with Crippen molar-refractivity contribution in [1.82, 2.24) is 19.5 Å². The zero-order valence-corrected chi connectivity index (χ0v) is 83.4. The molecule has 4 radical (unpaired) electrons. The minimum atomic E-state index is -0.375. The van der Waals surface area contributed by atoms with Gasteiger partial charge >= 0.3 is 0 Å². The normalized spacial score (nSPS) is 11.3. The summed E-state index contributed by atoms with van der Waals surface area (Å²) in [6.07, 6.45) is 3.06. The molecule has 12 nitrogen and oxygen atoms in total. The van der Waals surface area contributed by atoms with Crippen LogP contribution in [0.25, 0.3) is 116 Å². The molecule has 0 aliphatic carbocycles. The first kappa shape index (κ1) is 102. The number of nitrogens with zero attached hydrogens (tertiary/aromatic N) is 8. The Balaban J connectivity index is 0.000000156. The van der Waals surface area contributed by atoms with Crippen molar-refractivity contribution in [3.63, 3.8) is 0 Å². The van der Waals surface area contributed by atoms with Crippen LogP contribution < -0.4 is 14.7 Å². The summed E-state index contributed by atoms with van der Waals surface area (Å²) in [5, 5.41) is 41.7. The molecule has 0 amide bonds. The molecule has 3 aromatic heterocycles. The average Bonchev–Trinajstić information content (AvgIpc) is 1.60. The van der Waals surface area contributed by atoms with E-state index in [1.807, 2.05) is 121 Å². The van der Waals surface area contributed by atoms with E-state index in [1.165, 1.54) is 65.6 Å². The Hall–Kier alpha value is -14.8. The Morgan fingerprint density at radius 1 is 0.295 bits per heavy atom. The van der Waals surface area contributed by atoms with E-state index in [2.05, 4.69) is 422 Å². The van der Waals surface area contributed by atoms with Crippen molar-refractivity contribution >= 4 is 112 Å². The number of fused-ring (bicyclic) bond motifs is 5. The molecule has 139 heavy (non-hydrogen) atoms. The van der Waals surface area contributed by atoms with Crippen LogP contribution >= 0.6 is 9.03 Å². The molecule has 0 spiro atoms. The van der Waals surface area contributed by atoms with Gasteiger partial charge < -0.3 is 54.3 Å². The van der Waals surface area contributed by atoms with Crippen LogP contribution in [0, 0.1) is 12.1 Å². The maximum Gasteiger partial charge on any atom is 0.265 e. The molecule has 0 saturated carbocycles. The number of hydrogen-bond acceptors (Lipinski definition) is 11. The molecule has 0 bridgehead atoms. The summed E-state index contributed by atoms with van der Waals surface area (Å²) in [5.74, 6) is 0. The second-order valence-electron chi connectivity index (χ2n) is 32.9. The van der Waals surface area contributed by atoms with Gasteiger partial charge in [0.1, 0.15) is 0 Å². The van der Waals surface area contributed by atoms with E-state index in [4.69, 9.17) is 30.4 Å². The summed E-state index contributed by atoms with van der Waals surface area (Å²) in [4.78, 5) is 20.8. The fourth-order valence-electron chi connectivity index (χ4n) is 16.6. The molecule has 0 aliphatic heterocycles. The summed E-state index contributed by atoms with van der Waals surface area (Å²) in [7, 11) is 6.97. The van der Waals surface area contributed by atoms with Gasteiger partial charge in [0, 0.05) is 131 Å². The third-order valence-electron chi connectivity index (χ3n) is 22.7. The Labute approximate surface area is 846 Å². The monoisotopic (exact) mass is 2190 g/mol. The van der Waals surface area contributed by atoms with E-state index in [9.17, 15) is 0 Å². The summed E-state index contributed by atoms with van der Waals surface area (Å²) in [5.41, 5.74) is 26.2. The van der Waals surface area contributed by atoms with Crippen LogP contribution in [-0.4, -0.2) is 72.3 Å². The number of rotatable bonds is 20. The van der Waals surface area contributed by atoms with Gasteiger partial charge in [0.2, 0.25) is 0 Å². The number of aliphatic hydroxyl groups is 4. The number of aromatic nitrogens is 4. The fourth-order valence-corrected chi connectivity index (χ4v) is 16.6. The number of pyridine rings is 1. The summed E-state index contributed by atoms with van der Waals surface area (Å²) < 4.78 is 5.16. The van der Waals surface area contributed by atoms with Gasteiger partial charge in [-0.05, 0) is 221 Å². The van der Waals surface area contributed by atoms with Crippen LogP contribution in [0.3, 0.4) is 0 Å². The van der Waals surface area contributed by atoms with Crippen LogP contribution in [0.2, 0.25) is 0 Å². The number of aliphatic hydroxyl groups excluding tert-OH is 4. The summed E-state index contributed by atoms with van der Waals surface area (Å²) >= 11 is 0. The zero-order chi connectivity index (χ0) is 94.9. The third kappa shape index (κ3) is 27.2. The van der Waals surface area contributed by atoms with Crippen molar-refractivity contribution < 1.29 is 60.6 Å². The number of anilines is 9. The Kier molecular flexibility index (Phi) is 38.0. The molecule has 21 aromatic rings. The molecule has 690 valence electrons. The van der Waals surface area contributed by atoms with Gasteiger partial charge in [-0.15, -0.1) is 71.8 Å². The fraction of sp³-hybridized carbons (Fsp3) is 0.0813. The Morgan fingerprint density at radius 3 is 1.00 bits per heavy atom. The molecule has 18 aromatic carbocycles.